The van der Waals surface area contributed by atoms with Gasteiger partial charge in [0.05, 0.1) is 12.7 Å². The summed E-state index contributed by atoms with van der Waals surface area (Å²) in [6.07, 6.45) is 2.28. The minimum absolute atomic E-state index is 0.0465. The first-order valence-corrected chi connectivity index (χ1v) is 10.6. The SMILES string of the molecule is COC(=O)NCCC[C@@](O)(c1cccc(F)c1-c1cccc(C)c1)[C@@H]1CCCNC1. The molecule has 2 aromatic rings. The average molecular weight is 415 g/mol. The van der Waals surface area contributed by atoms with Gasteiger partial charge in [-0.1, -0.05) is 42.0 Å². The van der Waals surface area contributed by atoms with Crippen LogP contribution in [0, 0.1) is 18.7 Å². The summed E-state index contributed by atoms with van der Waals surface area (Å²) in [6, 6.07) is 12.6. The zero-order valence-corrected chi connectivity index (χ0v) is 17.7. The van der Waals surface area contributed by atoms with Gasteiger partial charge < -0.3 is 20.5 Å². The molecule has 2 aromatic carbocycles. The second-order valence-electron chi connectivity index (χ2n) is 8.02. The molecular formula is C24H31FN2O3. The summed E-state index contributed by atoms with van der Waals surface area (Å²) in [5.74, 6) is -0.386. The molecular weight excluding hydrogens is 383 g/mol. The van der Waals surface area contributed by atoms with Crippen LogP contribution in [0.2, 0.25) is 0 Å². The van der Waals surface area contributed by atoms with Crippen LogP contribution in [0.1, 0.15) is 36.8 Å². The van der Waals surface area contributed by atoms with Crippen molar-refractivity contribution in [2.24, 2.45) is 5.92 Å². The van der Waals surface area contributed by atoms with E-state index in [1.165, 1.54) is 13.2 Å². The zero-order chi connectivity index (χ0) is 21.6. The number of hydrogen-bond acceptors (Lipinski definition) is 4. The van der Waals surface area contributed by atoms with Gasteiger partial charge in [-0.05, 0) is 56.3 Å². The maximum Gasteiger partial charge on any atom is 0.406 e. The lowest BCUT2D eigenvalue weighted by atomic mass is 9.72. The van der Waals surface area contributed by atoms with Crippen molar-refractivity contribution >= 4 is 6.09 Å². The van der Waals surface area contributed by atoms with Crippen molar-refractivity contribution in [1.29, 1.82) is 0 Å². The smallest absolute Gasteiger partial charge is 0.406 e. The van der Waals surface area contributed by atoms with Crippen LogP contribution in [0.5, 0.6) is 0 Å². The molecule has 5 nitrogen and oxygen atoms in total. The van der Waals surface area contributed by atoms with Crippen molar-refractivity contribution in [1.82, 2.24) is 10.6 Å². The Morgan fingerprint density at radius 2 is 2.13 bits per heavy atom. The van der Waals surface area contributed by atoms with Crippen LogP contribution in [0.3, 0.4) is 0 Å². The lowest BCUT2D eigenvalue weighted by molar-refractivity contribution is -0.0417. The molecule has 1 aliphatic rings. The van der Waals surface area contributed by atoms with Crippen molar-refractivity contribution in [3.8, 4) is 11.1 Å². The molecule has 2 atom stereocenters. The Morgan fingerprint density at radius 3 is 2.83 bits per heavy atom. The predicted octanol–water partition coefficient (Wildman–Crippen LogP) is 4.12. The fraction of sp³-hybridized carbons (Fsp3) is 0.458. The van der Waals surface area contributed by atoms with Gasteiger partial charge in [-0.2, -0.15) is 0 Å². The molecule has 1 fully saturated rings. The number of amides is 1. The molecule has 0 unspecified atom stereocenters. The summed E-state index contributed by atoms with van der Waals surface area (Å²) >= 11 is 0. The Bertz CT molecular complexity index is 867. The number of alkyl carbamates (subject to hydrolysis) is 1. The average Bonchev–Trinajstić information content (AvgIpc) is 2.76. The number of ether oxygens (including phenoxy) is 1. The molecule has 162 valence electrons. The van der Waals surface area contributed by atoms with Gasteiger partial charge >= 0.3 is 6.09 Å². The third-order valence-electron chi connectivity index (χ3n) is 5.95. The molecule has 0 radical (unpaired) electrons. The van der Waals surface area contributed by atoms with E-state index in [2.05, 4.69) is 15.4 Å². The van der Waals surface area contributed by atoms with Gasteiger partial charge in [0.2, 0.25) is 0 Å². The van der Waals surface area contributed by atoms with Crippen LogP contribution >= 0.6 is 0 Å². The first-order valence-electron chi connectivity index (χ1n) is 10.6. The molecule has 0 bridgehead atoms. The van der Waals surface area contributed by atoms with Gasteiger partial charge in [0.25, 0.3) is 0 Å². The number of benzene rings is 2. The molecule has 1 saturated heterocycles. The first-order chi connectivity index (χ1) is 14.5. The molecule has 0 saturated carbocycles. The van der Waals surface area contributed by atoms with E-state index in [1.54, 1.807) is 6.07 Å². The third-order valence-corrected chi connectivity index (χ3v) is 5.95. The third kappa shape index (κ3) is 4.99. The fourth-order valence-electron chi connectivity index (χ4n) is 4.42. The Morgan fingerprint density at radius 1 is 1.33 bits per heavy atom. The summed E-state index contributed by atoms with van der Waals surface area (Å²) in [6.45, 7) is 3.94. The van der Waals surface area contributed by atoms with Gasteiger partial charge in [0.15, 0.2) is 0 Å². The molecule has 1 amide bonds. The topological polar surface area (TPSA) is 70.6 Å². The van der Waals surface area contributed by atoms with Crippen LogP contribution < -0.4 is 10.6 Å². The fourth-order valence-corrected chi connectivity index (χ4v) is 4.42. The number of aryl methyl sites for hydroxylation is 1. The molecule has 0 spiro atoms. The lowest BCUT2D eigenvalue weighted by Gasteiger charge is -2.40. The molecule has 6 heteroatoms. The van der Waals surface area contributed by atoms with Crippen molar-refractivity contribution < 1.29 is 19.0 Å². The Kier molecular flexibility index (Phi) is 7.45. The van der Waals surface area contributed by atoms with Crippen molar-refractivity contribution in [2.45, 2.75) is 38.2 Å². The summed E-state index contributed by atoms with van der Waals surface area (Å²) in [7, 11) is 1.32. The van der Waals surface area contributed by atoms with E-state index in [0.717, 1.165) is 30.5 Å². The van der Waals surface area contributed by atoms with Crippen molar-refractivity contribution in [2.75, 3.05) is 26.7 Å². The second kappa shape index (κ2) is 10.0. The van der Waals surface area contributed by atoms with Crippen LogP contribution in [0.15, 0.2) is 42.5 Å². The minimum Gasteiger partial charge on any atom is -0.453 e. The number of carbonyl (C=O) groups excluding carboxylic acids is 1. The number of halogens is 1. The van der Waals surface area contributed by atoms with E-state index in [0.29, 0.717) is 37.1 Å². The largest absolute Gasteiger partial charge is 0.453 e. The molecule has 0 aliphatic carbocycles. The molecule has 1 heterocycles. The molecule has 30 heavy (non-hydrogen) atoms. The number of carbonyl (C=O) groups is 1. The van der Waals surface area contributed by atoms with Gasteiger partial charge in [-0.3, -0.25) is 0 Å². The highest BCUT2D eigenvalue weighted by atomic mass is 19.1. The van der Waals surface area contributed by atoms with Crippen LogP contribution in [0.25, 0.3) is 11.1 Å². The first kappa shape index (κ1) is 22.2. The van der Waals surface area contributed by atoms with Gasteiger partial charge in [-0.25, -0.2) is 9.18 Å². The maximum absolute atomic E-state index is 15.1. The van der Waals surface area contributed by atoms with E-state index in [4.69, 9.17) is 0 Å². The van der Waals surface area contributed by atoms with Gasteiger partial charge in [0, 0.05) is 24.6 Å². The predicted molar refractivity (Wildman–Crippen MR) is 116 cm³/mol. The number of nitrogens with one attached hydrogen (secondary N) is 2. The molecule has 1 aliphatic heterocycles. The van der Waals surface area contributed by atoms with E-state index in [1.807, 2.05) is 37.3 Å². The molecule has 3 rings (SSSR count). The molecule has 0 aromatic heterocycles. The summed E-state index contributed by atoms with van der Waals surface area (Å²) in [4.78, 5) is 11.4. The van der Waals surface area contributed by atoms with E-state index < -0.39 is 11.7 Å². The highest BCUT2D eigenvalue weighted by Crippen LogP contribution is 2.43. The number of methoxy groups -OCH3 is 1. The standard InChI is InChI=1S/C24H31FN2O3/c1-17-7-3-8-18(15-17)22-20(10-4-11-21(22)25)24(29,19-9-5-13-26-16-19)12-6-14-27-23(28)30-2/h3-4,7-8,10-11,15,19,26,29H,5-6,9,12-14,16H2,1-2H3,(H,27,28)/t19-,24+/m1/s1. The Hall–Kier alpha value is -2.44. The quantitative estimate of drug-likeness (QED) is 0.596. The number of hydrogen-bond donors (Lipinski definition) is 3. The molecule has 3 N–H and O–H groups in total. The van der Waals surface area contributed by atoms with Crippen molar-refractivity contribution in [3.63, 3.8) is 0 Å². The monoisotopic (exact) mass is 414 g/mol. The zero-order valence-electron chi connectivity index (χ0n) is 17.7. The Labute approximate surface area is 177 Å². The lowest BCUT2D eigenvalue weighted by Crippen LogP contribution is -2.45. The Balaban J connectivity index is 1.99. The summed E-state index contributed by atoms with van der Waals surface area (Å²) in [5.41, 5.74) is 1.65. The van der Waals surface area contributed by atoms with Gasteiger partial charge in [0.1, 0.15) is 5.82 Å². The highest BCUT2D eigenvalue weighted by molar-refractivity contribution is 5.70. The normalized spacial score (nSPS) is 18.5. The minimum atomic E-state index is -1.22. The van der Waals surface area contributed by atoms with Crippen LogP contribution in [0.4, 0.5) is 9.18 Å². The van der Waals surface area contributed by atoms with E-state index in [-0.39, 0.29) is 11.7 Å². The number of aliphatic hydroxyl groups is 1. The van der Waals surface area contributed by atoms with E-state index in [9.17, 15) is 9.90 Å². The van der Waals surface area contributed by atoms with Crippen molar-refractivity contribution in [3.05, 3.63) is 59.4 Å². The van der Waals surface area contributed by atoms with Crippen LogP contribution in [-0.4, -0.2) is 37.9 Å². The van der Waals surface area contributed by atoms with Crippen LogP contribution in [-0.2, 0) is 10.3 Å². The maximum atomic E-state index is 15.1. The van der Waals surface area contributed by atoms with E-state index >= 15 is 4.39 Å². The highest BCUT2D eigenvalue weighted by Gasteiger charge is 2.40. The number of piperidine rings is 1. The second-order valence-corrected chi connectivity index (χ2v) is 8.02. The summed E-state index contributed by atoms with van der Waals surface area (Å²) in [5, 5.41) is 18.0. The van der Waals surface area contributed by atoms with Gasteiger partial charge in [-0.15, -0.1) is 0 Å². The number of rotatable bonds is 7. The summed E-state index contributed by atoms with van der Waals surface area (Å²) < 4.78 is 19.7.